The Labute approximate surface area is 178 Å². The van der Waals surface area contributed by atoms with Gasteiger partial charge in [0, 0.05) is 23.6 Å². The molecule has 2 aromatic carbocycles. The lowest BCUT2D eigenvalue weighted by molar-refractivity contribution is -0.132. The molecule has 4 rings (SSSR count). The molecule has 1 aliphatic rings. The Hall–Kier alpha value is -4.00. The number of aromatic nitrogens is 1. The standard InChI is InChI=1S/C24H19FN2O4/c1-2-31-19-7-3-5-15(13-19)22(28)20-21(16-6-4-12-26-14-16)27(24(30)23(20)29)18-10-8-17(25)9-11-18/h3-14,21,28H,2H2,1H3/b22-20-. The maximum absolute atomic E-state index is 13.5. The zero-order valence-electron chi connectivity index (χ0n) is 16.7. The van der Waals surface area contributed by atoms with Gasteiger partial charge in [-0.15, -0.1) is 0 Å². The van der Waals surface area contributed by atoms with Crippen molar-refractivity contribution in [2.45, 2.75) is 13.0 Å². The number of amides is 1. The molecule has 156 valence electrons. The first kappa shape index (κ1) is 20.3. The van der Waals surface area contributed by atoms with Gasteiger partial charge in [0.15, 0.2) is 0 Å². The fourth-order valence-electron chi connectivity index (χ4n) is 3.61. The van der Waals surface area contributed by atoms with Crippen molar-refractivity contribution in [1.82, 2.24) is 4.98 Å². The number of hydrogen-bond acceptors (Lipinski definition) is 5. The fraction of sp³-hybridized carbons (Fsp3) is 0.125. The van der Waals surface area contributed by atoms with Crippen molar-refractivity contribution >= 4 is 23.1 Å². The predicted octanol–water partition coefficient (Wildman–Crippen LogP) is 4.25. The van der Waals surface area contributed by atoms with Gasteiger partial charge in [-0.25, -0.2) is 4.39 Å². The highest BCUT2D eigenvalue weighted by molar-refractivity contribution is 6.51. The van der Waals surface area contributed by atoms with E-state index in [9.17, 15) is 19.1 Å². The number of ether oxygens (including phenoxy) is 1. The molecule has 6 nitrogen and oxygen atoms in total. The molecule has 1 aliphatic heterocycles. The lowest BCUT2D eigenvalue weighted by Gasteiger charge is -2.25. The average molecular weight is 418 g/mol. The molecule has 1 aromatic heterocycles. The van der Waals surface area contributed by atoms with E-state index in [1.807, 2.05) is 6.92 Å². The quantitative estimate of drug-likeness (QED) is 0.381. The van der Waals surface area contributed by atoms with Crippen LogP contribution in [0.3, 0.4) is 0 Å². The van der Waals surface area contributed by atoms with E-state index in [0.29, 0.717) is 29.2 Å². The van der Waals surface area contributed by atoms with Crippen LogP contribution in [0.2, 0.25) is 0 Å². The van der Waals surface area contributed by atoms with Gasteiger partial charge in [-0.2, -0.15) is 0 Å². The zero-order valence-corrected chi connectivity index (χ0v) is 16.7. The number of halogens is 1. The first-order chi connectivity index (χ1) is 15.0. The third kappa shape index (κ3) is 3.77. The minimum Gasteiger partial charge on any atom is -0.507 e. The van der Waals surface area contributed by atoms with Gasteiger partial charge in [-0.05, 0) is 55.0 Å². The van der Waals surface area contributed by atoms with Gasteiger partial charge in [-0.1, -0.05) is 18.2 Å². The van der Waals surface area contributed by atoms with E-state index in [1.54, 1.807) is 42.6 Å². The summed E-state index contributed by atoms with van der Waals surface area (Å²) in [4.78, 5) is 31.4. The highest BCUT2D eigenvalue weighted by Gasteiger charge is 2.47. The number of pyridine rings is 1. The molecule has 1 unspecified atom stereocenters. The van der Waals surface area contributed by atoms with Gasteiger partial charge < -0.3 is 9.84 Å². The van der Waals surface area contributed by atoms with E-state index in [4.69, 9.17) is 4.74 Å². The second-order valence-electron chi connectivity index (χ2n) is 6.89. The van der Waals surface area contributed by atoms with Crippen LogP contribution >= 0.6 is 0 Å². The largest absolute Gasteiger partial charge is 0.507 e. The number of hydrogen-bond donors (Lipinski definition) is 1. The first-order valence-electron chi connectivity index (χ1n) is 9.71. The summed E-state index contributed by atoms with van der Waals surface area (Å²) in [7, 11) is 0. The molecule has 1 amide bonds. The molecule has 7 heteroatoms. The van der Waals surface area contributed by atoms with Crippen LogP contribution in [0.1, 0.15) is 24.1 Å². The number of rotatable bonds is 5. The molecule has 0 spiro atoms. The Morgan fingerprint density at radius 3 is 2.58 bits per heavy atom. The van der Waals surface area contributed by atoms with E-state index in [1.165, 1.54) is 35.4 Å². The molecule has 1 atom stereocenters. The average Bonchev–Trinajstić information content (AvgIpc) is 3.05. The molecule has 0 saturated carbocycles. The second kappa shape index (κ2) is 8.39. The molecule has 0 radical (unpaired) electrons. The maximum Gasteiger partial charge on any atom is 0.300 e. The van der Waals surface area contributed by atoms with Crippen molar-refractivity contribution in [2.75, 3.05) is 11.5 Å². The van der Waals surface area contributed by atoms with Crippen LogP contribution in [0.4, 0.5) is 10.1 Å². The van der Waals surface area contributed by atoms with Crippen LogP contribution in [0.25, 0.3) is 5.76 Å². The van der Waals surface area contributed by atoms with Gasteiger partial charge in [0.25, 0.3) is 11.7 Å². The predicted molar refractivity (Wildman–Crippen MR) is 113 cm³/mol. The van der Waals surface area contributed by atoms with Crippen molar-refractivity contribution in [3.05, 3.63) is 95.6 Å². The number of ketones is 1. The second-order valence-corrected chi connectivity index (χ2v) is 6.89. The number of aliphatic hydroxyl groups excluding tert-OH is 1. The topological polar surface area (TPSA) is 79.7 Å². The molecular formula is C24H19FN2O4. The van der Waals surface area contributed by atoms with E-state index >= 15 is 0 Å². The van der Waals surface area contributed by atoms with Crippen molar-refractivity contribution in [3.63, 3.8) is 0 Å². The van der Waals surface area contributed by atoms with E-state index in [2.05, 4.69) is 4.98 Å². The van der Waals surface area contributed by atoms with Gasteiger partial charge in [0.2, 0.25) is 0 Å². The monoisotopic (exact) mass is 418 g/mol. The van der Waals surface area contributed by atoms with Crippen molar-refractivity contribution in [2.24, 2.45) is 0 Å². The summed E-state index contributed by atoms with van der Waals surface area (Å²) < 4.78 is 18.9. The van der Waals surface area contributed by atoms with Crippen LogP contribution in [0, 0.1) is 5.82 Å². The summed E-state index contributed by atoms with van der Waals surface area (Å²) in [5.41, 5.74) is 1.14. The summed E-state index contributed by atoms with van der Waals surface area (Å²) in [6, 6.07) is 14.4. The number of carbonyl (C=O) groups is 2. The van der Waals surface area contributed by atoms with Crippen LogP contribution in [-0.2, 0) is 9.59 Å². The smallest absolute Gasteiger partial charge is 0.300 e. The molecule has 0 aliphatic carbocycles. The lowest BCUT2D eigenvalue weighted by atomic mass is 9.96. The molecule has 1 N–H and O–H groups in total. The molecule has 0 bridgehead atoms. The third-order valence-electron chi connectivity index (χ3n) is 4.97. The summed E-state index contributed by atoms with van der Waals surface area (Å²) in [6.45, 7) is 2.28. The Balaban J connectivity index is 1.90. The van der Waals surface area contributed by atoms with Crippen molar-refractivity contribution in [1.29, 1.82) is 0 Å². The van der Waals surface area contributed by atoms with Crippen LogP contribution < -0.4 is 9.64 Å². The Morgan fingerprint density at radius 1 is 1.13 bits per heavy atom. The van der Waals surface area contributed by atoms with E-state index < -0.39 is 23.5 Å². The molecule has 1 fully saturated rings. The van der Waals surface area contributed by atoms with Crippen LogP contribution in [-0.4, -0.2) is 28.4 Å². The minimum absolute atomic E-state index is 0.0732. The number of nitrogens with zero attached hydrogens (tertiary/aromatic N) is 2. The lowest BCUT2D eigenvalue weighted by Crippen LogP contribution is -2.29. The number of Topliss-reactive ketones (excluding diaryl/α,β-unsaturated/α-hetero) is 1. The minimum atomic E-state index is -0.921. The van der Waals surface area contributed by atoms with Gasteiger partial charge in [0.1, 0.15) is 17.3 Å². The van der Waals surface area contributed by atoms with Gasteiger partial charge >= 0.3 is 0 Å². The summed E-state index contributed by atoms with van der Waals surface area (Å²) >= 11 is 0. The number of carbonyl (C=O) groups excluding carboxylic acids is 2. The third-order valence-corrected chi connectivity index (χ3v) is 4.97. The normalized spacial score (nSPS) is 17.7. The van der Waals surface area contributed by atoms with Gasteiger partial charge in [0.05, 0.1) is 18.2 Å². The summed E-state index contributed by atoms with van der Waals surface area (Å²) in [5.74, 6) is -1.91. The first-order valence-corrected chi connectivity index (χ1v) is 9.71. The van der Waals surface area contributed by atoms with E-state index in [-0.39, 0.29) is 11.3 Å². The molecule has 2 heterocycles. The Bertz CT molecular complexity index is 1160. The van der Waals surface area contributed by atoms with Crippen molar-refractivity contribution in [3.8, 4) is 5.75 Å². The molecule has 31 heavy (non-hydrogen) atoms. The number of benzene rings is 2. The van der Waals surface area contributed by atoms with Gasteiger partial charge in [-0.3, -0.25) is 19.5 Å². The highest BCUT2D eigenvalue weighted by atomic mass is 19.1. The van der Waals surface area contributed by atoms with Crippen molar-refractivity contribution < 1.29 is 23.8 Å². The van der Waals surface area contributed by atoms with Crippen LogP contribution in [0.5, 0.6) is 5.75 Å². The van der Waals surface area contributed by atoms with Crippen LogP contribution in [0.15, 0.2) is 78.6 Å². The Kier molecular flexibility index (Phi) is 5.49. The SMILES string of the molecule is CCOc1cccc(/C(O)=C2/C(=O)C(=O)N(c3ccc(F)cc3)C2c2cccnc2)c1. The highest BCUT2D eigenvalue weighted by Crippen LogP contribution is 2.42. The summed E-state index contributed by atoms with van der Waals surface area (Å²) in [5, 5.41) is 11.1. The zero-order chi connectivity index (χ0) is 22.0. The molecule has 3 aromatic rings. The van der Waals surface area contributed by atoms with E-state index in [0.717, 1.165) is 0 Å². The fourth-order valence-corrected chi connectivity index (χ4v) is 3.61. The number of aliphatic hydroxyl groups is 1. The maximum atomic E-state index is 13.5. The Morgan fingerprint density at radius 2 is 1.90 bits per heavy atom. The molecular weight excluding hydrogens is 399 g/mol. The summed E-state index contributed by atoms with van der Waals surface area (Å²) in [6.07, 6.45) is 3.09. The number of anilines is 1. The molecule has 1 saturated heterocycles.